The van der Waals surface area contributed by atoms with Crippen molar-refractivity contribution in [3.8, 4) is 0 Å². The van der Waals surface area contributed by atoms with Gasteiger partial charge in [-0.1, -0.05) is 6.42 Å². The molecular formula is C11H20N2. The molecule has 0 unspecified atom stereocenters. The van der Waals surface area contributed by atoms with Crippen LogP contribution in [0.1, 0.15) is 32.1 Å². The number of hydrogen-bond donors (Lipinski definition) is 1. The smallest absolute Gasteiger partial charge is 0.00957 e. The van der Waals surface area contributed by atoms with Crippen LogP contribution >= 0.6 is 0 Å². The first kappa shape index (κ1) is 8.25. The van der Waals surface area contributed by atoms with E-state index in [2.05, 4.69) is 10.2 Å². The third-order valence-corrected chi connectivity index (χ3v) is 4.33. The molecule has 0 amide bonds. The highest BCUT2D eigenvalue weighted by atomic mass is 15.2. The van der Waals surface area contributed by atoms with Gasteiger partial charge in [-0.3, -0.25) is 4.90 Å². The summed E-state index contributed by atoms with van der Waals surface area (Å²) in [4.78, 5) is 2.73. The number of piperidine rings is 1. The second-order valence-electron chi connectivity index (χ2n) is 5.24. The van der Waals surface area contributed by atoms with Gasteiger partial charge in [-0.05, 0) is 44.2 Å². The largest absolute Gasteiger partial charge is 0.317 e. The van der Waals surface area contributed by atoms with Crippen molar-refractivity contribution in [1.29, 1.82) is 0 Å². The number of hydrogen-bond acceptors (Lipinski definition) is 2. The lowest BCUT2D eigenvalue weighted by atomic mass is 9.70. The lowest BCUT2D eigenvalue weighted by Crippen LogP contribution is -2.63. The summed E-state index contributed by atoms with van der Waals surface area (Å²) in [6, 6.07) is 0.987. The van der Waals surface area contributed by atoms with Gasteiger partial charge in [0.2, 0.25) is 0 Å². The van der Waals surface area contributed by atoms with Crippen molar-refractivity contribution < 1.29 is 0 Å². The molecule has 1 N–H and O–H groups in total. The molecule has 13 heavy (non-hydrogen) atoms. The highest BCUT2D eigenvalue weighted by Gasteiger charge is 2.46. The third-order valence-electron chi connectivity index (χ3n) is 4.33. The second-order valence-corrected chi connectivity index (χ2v) is 5.24. The summed E-state index contributed by atoms with van der Waals surface area (Å²) in [5, 5.41) is 3.46. The van der Waals surface area contributed by atoms with Gasteiger partial charge in [-0.15, -0.1) is 0 Å². The Balaban J connectivity index is 1.54. The van der Waals surface area contributed by atoms with Crippen molar-refractivity contribution in [1.82, 2.24) is 10.2 Å². The molecule has 0 aromatic heterocycles. The molecule has 74 valence electrons. The molecule has 3 fully saturated rings. The molecule has 2 heterocycles. The lowest BCUT2D eigenvalue weighted by molar-refractivity contribution is -0.0694. The quantitative estimate of drug-likeness (QED) is 0.653. The molecular weight excluding hydrogens is 160 g/mol. The minimum absolute atomic E-state index is 0.751. The Hall–Kier alpha value is -0.0800. The van der Waals surface area contributed by atoms with E-state index in [1.807, 2.05) is 0 Å². The van der Waals surface area contributed by atoms with E-state index in [0.29, 0.717) is 0 Å². The summed E-state index contributed by atoms with van der Waals surface area (Å²) in [6.45, 7) is 5.36. The average Bonchev–Trinajstić information content (AvgIpc) is 2.00. The number of likely N-dealkylation sites (tertiary alicyclic amines) is 1. The van der Waals surface area contributed by atoms with Crippen LogP contribution < -0.4 is 5.32 Å². The second kappa shape index (κ2) is 2.96. The summed E-state index contributed by atoms with van der Waals surface area (Å²) >= 11 is 0. The monoisotopic (exact) mass is 180 g/mol. The maximum Gasteiger partial charge on any atom is 0.00957 e. The Kier molecular flexibility index (Phi) is 1.88. The van der Waals surface area contributed by atoms with Gasteiger partial charge in [0.15, 0.2) is 0 Å². The molecule has 2 heteroatoms. The van der Waals surface area contributed by atoms with Crippen molar-refractivity contribution in [3.63, 3.8) is 0 Å². The number of nitrogens with one attached hydrogen (secondary N) is 1. The fraction of sp³-hybridized carbons (Fsp3) is 1.00. The van der Waals surface area contributed by atoms with Crippen LogP contribution in [-0.2, 0) is 0 Å². The van der Waals surface area contributed by atoms with Crippen molar-refractivity contribution in [2.24, 2.45) is 5.41 Å². The predicted octanol–water partition coefficient (Wildman–Crippen LogP) is 1.22. The number of rotatable bonds is 1. The van der Waals surface area contributed by atoms with Crippen LogP contribution in [0.25, 0.3) is 0 Å². The van der Waals surface area contributed by atoms with E-state index in [9.17, 15) is 0 Å². The highest BCUT2D eigenvalue weighted by molar-refractivity contribution is 5.01. The van der Waals surface area contributed by atoms with E-state index < -0.39 is 0 Å². The van der Waals surface area contributed by atoms with E-state index in [-0.39, 0.29) is 0 Å². The molecule has 1 saturated carbocycles. The zero-order chi connectivity index (χ0) is 8.73. The van der Waals surface area contributed by atoms with Crippen LogP contribution in [0.5, 0.6) is 0 Å². The maximum absolute atomic E-state index is 3.46. The fourth-order valence-electron chi connectivity index (χ4n) is 3.10. The van der Waals surface area contributed by atoms with E-state index in [1.165, 1.54) is 58.3 Å². The van der Waals surface area contributed by atoms with Crippen LogP contribution in [0, 0.1) is 5.41 Å². The van der Waals surface area contributed by atoms with E-state index in [1.54, 1.807) is 0 Å². The normalized spacial score (nSPS) is 34.2. The van der Waals surface area contributed by atoms with Gasteiger partial charge < -0.3 is 5.32 Å². The molecule has 3 rings (SSSR count). The van der Waals surface area contributed by atoms with Crippen molar-refractivity contribution in [3.05, 3.63) is 0 Å². The van der Waals surface area contributed by atoms with Crippen molar-refractivity contribution >= 4 is 0 Å². The Bertz CT molecular complexity index is 184. The van der Waals surface area contributed by atoms with E-state index in [4.69, 9.17) is 0 Å². The zero-order valence-corrected chi connectivity index (χ0v) is 8.39. The van der Waals surface area contributed by atoms with Crippen LogP contribution in [0.3, 0.4) is 0 Å². The standard InChI is InChI=1S/C11H20N2/c1-2-10(3-1)13-8-11(9-13)4-6-12-7-5-11/h10,12H,1-9H2. The van der Waals surface area contributed by atoms with E-state index in [0.717, 1.165) is 11.5 Å². The average molecular weight is 180 g/mol. The topological polar surface area (TPSA) is 15.3 Å². The first-order valence-electron chi connectivity index (χ1n) is 5.83. The van der Waals surface area contributed by atoms with Crippen LogP contribution in [0.2, 0.25) is 0 Å². The van der Waals surface area contributed by atoms with Gasteiger partial charge in [0.1, 0.15) is 0 Å². The summed E-state index contributed by atoms with van der Waals surface area (Å²) in [6.07, 6.45) is 7.30. The minimum Gasteiger partial charge on any atom is -0.317 e. The van der Waals surface area contributed by atoms with Gasteiger partial charge in [-0.2, -0.15) is 0 Å². The highest BCUT2D eigenvalue weighted by Crippen LogP contribution is 2.42. The molecule has 2 saturated heterocycles. The lowest BCUT2D eigenvalue weighted by Gasteiger charge is -2.57. The molecule has 1 spiro atoms. The fourth-order valence-corrected chi connectivity index (χ4v) is 3.10. The molecule has 2 aliphatic heterocycles. The predicted molar refractivity (Wildman–Crippen MR) is 53.7 cm³/mol. The Labute approximate surface area is 80.7 Å². The molecule has 0 radical (unpaired) electrons. The molecule has 2 nitrogen and oxygen atoms in total. The Morgan fingerprint density at radius 1 is 1.08 bits per heavy atom. The zero-order valence-electron chi connectivity index (χ0n) is 8.39. The summed E-state index contributed by atoms with van der Waals surface area (Å²) in [5.74, 6) is 0. The van der Waals surface area contributed by atoms with Gasteiger partial charge >= 0.3 is 0 Å². The van der Waals surface area contributed by atoms with Crippen LogP contribution in [-0.4, -0.2) is 37.1 Å². The molecule has 3 aliphatic rings. The Morgan fingerprint density at radius 3 is 2.31 bits per heavy atom. The van der Waals surface area contributed by atoms with Crippen LogP contribution in [0.15, 0.2) is 0 Å². The Morgan fingerprint density at radius 2 is 1.77 bits per heavy atom. The van der Waals surface area contributed by atoms with Gasteiger partial charge in [0, 0.05) is 19.1 Å². The summed E-state index contributed by atoms with van der Waals surface area (Å²) in [7, 11) is 0. The molecule has 0 atom stereocenters. The van der Waals surface area contributed by atoms with Gasteiger partial charge in [0.05, 0.1) is 0 Å². The molecule has 0 aromatic carbocycles. The maximum atomic E-state index is 3.46. The molecule has 0 bridgehead atoms. The third kappa shape index (κ3) is 1.31. The summed E-state index contributed by atoms with van der Waals surface area (Å²) in [5.41, 5.74) is 0.751. The van der Waals surface area contributed by atoms with Crippen molar-refractivity contribution in [2.75, 3.05) is 26.2 Å². The molecule has 1 aliphatic carbocycles. The minimum atomic E-state index is 0.751. The van der Waals surface area contributed by atoms with Crippen LogP contribution in [0.4, 0.5) is 0 Å². The first-order chi connectivity index (χ1) is 6.38. The van der Waals surface area contributed by atoms with Crippen molar-refractivity contribution in [2.45, 2.75) is 38.1 Å². The summed E-state index contributed by atoms with van der Waals surface area (Å²) < 4.78 is 0. The first-order valence-corrected chi connectivity index (χ1v) is 5.83. The number of nitrogens with zero attached hydrogens (tertiary/aromatic N) is 1. The van der Waals surface area contributed by atoms with Gasteiger partial charge in [0.25, 0.3) is 0 Å². The SMILES string of the molecule is C1CC(N2CC3(CCNCC3)C2)C1. The molecule has 0 aromatic rings. The van der Waals surface area contributed by atoms with E-state index >= 15 is 0 Å². The van der Waals surface area contributed by atoms with Gasteiger partial charge in [-0.25, -0.2) is 0 Å².